The Morgan fingerprint density at radius 2 is 1.63 bits per heavy atom. The zero-order valence-corrected chi connectivity index (χ0v) is 17.5. The van der Waals surface area contributed by atoms with Gasteiger partial charge >= 0.3 is 0 Å². The first-order valence-electron chi connectivity index (χ1n) is 9.77. The van der Waals surface area contributed by atoms with Gasteiger partial charge < -0.3 is 10.0 Å². The highest BCUT2D eigenvalue weighted by Gasteiger charge is 2.22. The average molecular weight is 430 g/mol. The van der Waals surface area contributed by atoms with E-state index in [1.807, 2.05) is 0 Å². The van der Waals surface area contributed by atoms with Crippen LogP contribution >= 0.6 is 15.9 Å². The highest BCUT2D eigenvalue weighted by molar-refractivity contribution is 9.10. The van der Waals surface area contributed by atoms with E-state index in [0.717, 1.165) is 56.7 Å². The molecule has 4 nitrogen and oxygen atoms in total. The Hall–Kier alpha value is -1.40. The molecule has 144 valence electrons. The minimum Gasteiger partial charge on any atom is -0.390 e. The number of anilines is 1. The van der Waals surface area contributed by atoms with Crippen LogP contribution in [0.5, 0.6) is 0 Å². The van der Waals surface area contributed by atoms with Gasteiger partial charge in [0, 0.05) is 63.0 Å². The number of β-amino-alcohol motifs (C(OH)–C–C–N with tert-alkyl or cyclic N) is 1. The number of benzene rings is 2. The smallest absolute Gasteiger partial charge is 0.0794 e. The molecule has 2 aliphatic rings. The summed E-state index contributed by atoms with van der Waals surface area (Å²) < 4.78 is 1.12. The maximum absolute atomic E-state index is 10.7. The van der Waals surface area contributed by atoms with E-state index in [2.05, 4.69) is 80.1 Å². The van der Waals surface area contributed by atoms with Crippen molar-refractivity contribution in [1.82, 2.24) is 9.80 Å². The monoisotopic (exact) mass is 429 g/mol. The van der Waals surface area contributed by atoms with Gasteiger partial charge in [-0.2, -0.15) is 0 Å². The zero-order valence-electron chi connectivity index (χ0n) is 15.9. The molecule has 2 aromatic carbocycles. The summed E-state index contributed by atoms with van der Waals surface area (Å²) >= 11 is 3.58. The molecule has 4 rings (SSSR count). The molecule has 0 aliphatic carbocycles. The molecule has 1 N–H and O–H groups in total. The van der Waals surface area contributed by atoms with Crippen molar-refractivity contribution in [3.63, 3.8) is 0 Å². The molecule has 0 aromatic heterocycles. The van der Waals surface area contributed by atoms with E-state index >= 15 is 0 Å². The molecular formula is C22H28BrN3O. The average Bonchev–Trinajstić information content (AvgIpc) is 2.81. The van der Waals surface area contributed by atoms with Gasteiger partial charge in [-0.15, -0.1) is 0 Å². The van der Waals surface area contributed by atoms with E-state index in [-0.39, 0.29) is 6.10 Å². The summed E-state index contributed by atoms with van der Waals surface area (Å²) in [6.45, 7) is 6.30. The molecule has 2 aliphatic heterocycles. The molecule has 5 heteroatoms. The van der Waals surface area contributed by atoms with Crippen LogP contribution < -0.4 is 4.90 Å². The van der Waals surface area contributed by atoms with Crippen LogP contribution in [-0.4, -0.2) is 60.8 Å². The molecule has 0 amide bonds. The highest BCUT2D eigenvalue weighted by atomic mass is 79.9. The largest absolute Gasteiger partial charge is 0.390 e. The van der Waals surface area contributed by atoms with Crippen molar-refractivity contribution in [2.45, 2.75) is 25.6 Å². The Labute approximate surface area is 170 Å². The number of hydrogen-bond acceptors (Lipinski definition) is 4. The fourth-order valence-electron chi connectivity index (χ4n) is 4.28. The fraction of sp³-hybridized carbons (Fsp3) is 0.455. The van der Waals surface area contributed by atoms with Crippen LogP contribution in [-0.2, 0) is 19.5 Å². The van der Waals surface area contributed by atoms with Crippen molar-refractivity contribution in [1.29, 1.82) is 0 Å². The standard InChI is InChI=1S/C22H28BrN3O/c1-24-10-11-26(14-19-6-7-20(23)12-22(19)24)16-21(27)15-25-9-8-17-4-2-3-5-18(17)13-25/h2-7,12,21,27H,8-11,13-16H2,1H3/t21-/m1/s1. The van der Waals surface area contributed by atoms with E-state index in [1.165, 1.54) is 22.4 Å². The zero-order chi connectivity index (χ0) is 18.8. The Kier molecular flexibility index (Phi) is 5.83. The first-order chi connectivity index (χ1) is 13.1. The van der Waals surface area contributed by atoms with Crippen LogP contribution in [0.4, 0.5) is 5.69 Å². The van der Waals surface area contributed by atoms with E-state index < -0.39 is 0 Å². The van der Waals surface area contributed by atoms with Crippen LogP contribution in [0.3, 0.4) is 0 Å². The molecule has 2 heterocycles. The molecule has 0 saturated carbocycles. The number of nitrogens with zero attached hydrogens (tertiary/aromatic N) is 3. The van der Waals surface area contributed by atoms with Crippen molar-refractivity contribution >= 4 is 21.6 Å². The van der Waals surface area contributed by atoms with E-state index in [4.69, 9.17) is 0 Å². The van der Waals surface area contributed by atoms with Crippen LogP contribution in [0.2, 0.25) is 0 Å². The molecular weight excluding hydrogens is 402 g/mol. The number of fused-ring (bicyclic) bond motifs is 2. The van der Waals surface area contributed by atoms with Crippen molar-refractivity contribution in [3.8, 4) is 0 Å². The van der Waals surface area contributed by atoms with Gasteiger partial charge in [-0.3, -0.25) is 9.80 Å². The molecule has 0 bridgehead atoms. The van der Waals surface area contributed by atoms with Crippen molar-refractivity contribution < 1.29 is 5.11 Å². The molecule has 0 spiro atoms. The summed E-state index contributed by atoms with van der Waals surface area (Å²) in [5.74, 6) is 0. The van der Waals surface area contributed by atoms with E-state index in [1.54, 1.807) is 0 Å². The summed E-state index contributed by atoms with van der Waals surface area (Å²) in [4.78, 5) is 7.09. The summed E-state index contributed by atoms with van der Waals surface area (Å²) in [7, 11) is 2.15. The number of aliphatic hydroxyl groups excluding tert-OH is 1. The number of aliphatic hydroxyl groups is 1. The molecule has 2 aromatic rings. The third kappa shape index (κ3) is 4.54. The van der Waals surface area contributed by atoms with E-state index in [0.29, 0.717) is 0 Å². The normalized spacial score (nSPS) is 19.3. The van der Waals surface area contributed by atoms with Gasteiger partial charge in [0.25, 0.3) is 0 Å². The van der Waals surface area contributed by atoms with Crippen LogP contribution in [0.1, 0.15) is 16.7 Å². The fourth-order valence-corrected chi connectivity index (χ4v) is 4.63. The second-order valence-corrected chi connectivity index (χ2v) is 8.75. The van der Waals surface area contributed by atoms with E-state index in [9.17, 15) is 5.11 Å². The first kappa shape index (κ1) is 18.9. The third-order valence-electron chi connectivity index (χ3n) is 5.75. The van der Waals surface area contributed by atoms with Crippen LogP contribution in [0.25, 0.3) is 0 Å². The maximum Gasteiger partial charge on any atom is 0.0794 e. The van der Waals surface area contributed by atoms with Crippen LogP contribution in [0.15, 0.2) is 46.9 Å². The second kappa shape index (κ2) is 8.31. The lowest BCUT2D eigenvalue weighted by molar-refractivity contribution is 0.0682. The Balaban J connectivity index is 1.36. The van der Waals surface area contributed by atoms with Gasteiger partial charge in [-0.1, -0.05) is 46.3 Å². The molecule has 0 radical (unpaired) electrons. The maximum atomic E-state index is 10.7. The Bertz CT molecular complexity index is 797. The van der Waals surface area contributed by atoms with Gasteiger partial charge in [0.15, 0.2) is 0 Å². The number of halogens is 1. The summed E-state index contributed by atoms with van der Waals surface area (Å²) in [6, 6.07) is 15.2. The van der Waals surface area contributed by atoms with Gasteiger partial charge in [0.1, 0.15) is 0 Å². The number of rotatable bonds is 4. The van der Waals surface area contributed by atoms with Crippen LogP contribution in [0, 0.1) is 0 Å². The summed E-state index contributed by atoms with van der Waals surface area (Å²) in [6.07, 6.45) is 0.761. The lowest BCUT2D eigenvalue weighted by Gasteiger charge is -2.32. The Morgan fingerprint density at radius 3 is 2.44 bits per heavy atom. The second-order valence-electron chi connectivity index (χ2n) is 7.84. The SMILES string of the molecule is CN1CCN(C[C@H](O)CN2CCc3ccccc3C2)Cc2ccc(Br)cc21. The topological polar surface area (TPSA) is 30.0 Å². The minimum absolute atomic E-state index is 0.322. The molecule has 27 heavy (non-hydrogen) atoms. The predicted octanol–water partition coefficient (Wildman–Crippen LogP) is 3.12. The van der Waals surface area contributed by atoms with Crippen molar-refractivity contribution in [2.24, 2.45) is 0 Å². The molecule has 0 fully saturated rings. The summed E-state index contributed by atoms with van der Waals surface area (Å²) in [5.41, 5.74) is 5.49. The summed E-state index contributed by atoms with van der Waals surface area (Å²) in [5, 5.41) is 10.7. The first-order valence-corrected chi connectivity index (χ1v) is 10.6. The van der Waals surface area contributed by atoms with Gasteiger partial charge in [-0.25, -0.2) is 0 Å². The Morgan fingerprint density at radius 1 is 0.926 bits per heavy atom. The molecule has 0 unspecified atom stereocenters. The van der Waals surface area contributed by atoms with Crippen molar-refractivity contribution in [2.75, 3.05) is 44.7 Å². The molecule has 0 saturated heterocycles. The highest BCUT2D eigenvalue weighted by Crippen LogP contribution is 2.28. The van der Waals surface area contributed by atoms with Gasteiger partial charge in [-0.05, 0) is 35.2 Å². The molecule has 1 atom stereocenters. The van der Waals surface area contributed by atoms with Gasteiger partial charge in [0.05, 0.1) is 6.10 Å². The predicted molar refractivity (Wildman–Crippen MR) is 114 cm³/mol. The quantitative estimate of drug-likeness (QED) is 0.808. The lowest BCUT2D eigenvalue weighted by atomic mass is 10.00. The third-order valence-corrected chi connectivity index (χ3v) is 6.25. The minimum atomic E-state index is -0.322. The number of likely N-dealkylation sites (N-methyl/N-ethyl adjacent to an activating group) is 1. The van der Waals surface area contributed by atoms with Crippen molar-refractivity contribution in [3.05, 3.63) is 63.6 Å². The lowest BCUT2D eigenvalue weighted by Crippen LogP contribution is -2.42. The number of hydrogen-bond donors (Lipinski definition) is 1. The van der Waals surface area contributed by atoms with Gasteiger partial charge in [0.2, 0.25) is 0 Å².